The van der Waals surface area contributed by atoms with Gasteiger partial charge in [-0.15, -0.1) is 0 Å². The van der Waals surface area contributed by atoms with E-state index in [0.29, 0.717) is 18.6 Å². The number of aromatic hydroxyl groups is 1. The molecule has 1 saturated heterocycles. The lowest BCUT2D eigenvalue weighted by atomic mass is 10.0. The molecule has 0 amide bonds. The molecule has 2 aromatic carbocycles. The Morgan fingerprint density at radius 1 is 1.07 bits per heavy atom. The molecule has 7 heteroatoms. The highest BCUT2D eigenvalue weighted by Crippen LogP contribution is 2.33. The Bertz CT molecular complexity index is 1260. The summed E-state index contributed by atoms with van der Waals surface area (Å²) in [6.45, 7) is 3.41. The van der Waals surface area contributed by atoms with Crippen LogP contribution in [0.4, 0.5) is 5.69 Å². The number of non-ortho nitro benzene ring substituents is 1. The molecule has 152 valence electrons. The van der Waals surface area contributed by atoms with Gasteiger partial charge in [0.05, 0.1) is 4.92 Å². The van der Waals surface area contributed by atoms with Crippen molar-refractivity contribution in [2.75, 3.05) is 13.1 Å². The molecule has 1 N–H and O–H groups in total. The number of pyridine rings is 1. The van der Waals surface area contributed by atoms with Crippen LogP contribution in [0, 0.1) is 10.1 Å². The number of phenols is 1. The van der Waals surface area contributed by atoms with Gasteiger partial charge in [0.15, 0.2) is 0 Å². The van der Waals surface area contributed by atoms with E-state index in [9.17, 15) is 15.2 Å². The van der Waals surface area contributed by atoms with Crippen LogP contribution >= 0.6 is 0 Å². The molecule has 1 aliphatic rings. The van der Waals surface area contributed by atoms with Crippen molar-refractivity contribution in [1.82, 2.24) is 14.5 Å². The molecule has 0 aliphatic carbocycles. The average molecular weight is 402 g/mol. The zero-order valence-electron chi connectivity index (χ0n) is 16.5. The molecule has 3 heterocycles. The molecule has 0 saturated carbocycles. The summed E-state index contributed by atoms with van der Waals surface area (Å²) in [5.41, 5.74) is 3.61. The van der Waals surface area contributed by atoms with E-state index in [1.165, 1.54) is 18.9 Å². The van der Waals surface area contributed by atoms with Gasteiger partial charge >= 0.3 is 0 Å². The first-order valence-corrected chi connectivity index (χ1v) is 10.1. The normalized spacial score (nSPS) is 14.7. The van der Waals surface area contributed by atoms with Gasteiger partial charge in [-0.1, -0.05) is 6.07 Å². The second-order valence-electron chi connectivity index (χ2n) is 7.87. The second kappa shape index (κ2) is 7.42. The monoisotopic (exact) mass is 402 g/mol. The quantitative estimate of drug-likeness (QED) is 0.394. The van der Waals surface area contributed by atoms with Gasteiger partial charge in [0.25, 0.3) is 5.69 Å². The first-order valence-electron chi connectivity index (χ1n) is 10.1. The van der Waals surface area contributed by atoms with Crippen LogP contribution in [0.2, 0.25) is 0 Å². The number of nitrogens with zero attached hydrogens (tertiary/aromatic N) is 4. The van der Waals surface area contributed by atoms with Crippen LogP contribution in [-0.2, 0) is 13.1 Å². The maximum Gasteiger partial charge on any atom is 0.270 e. The van der Waals surface area contributed by atoms with Gasteiger partial charge in [0, 0.05) is 59.5 Å². The van der Waals surface area contributed by atoms with Crippen LogP contribution < -0.4 is 0 Å². The molecule has 0 radical (unpaired) electrons. The summed E-state index contributed by atoms with van der Waals surface area (Å²) in [7, 11) is 0. The fourth-order valence-corrected chi connectivity index (χ4v) is 4.42. The Kier molecular flexibility index (Phi) is 4.59. The molecule has 0 bridgehead atoms. The zero-order chi connectivity index (χ0) is 20.7. The standard InChI is InChI=1S/C23H22N4O3/c28-23-18(14-25-9-1-2-10-25)12-17(20-4-3-8-24-22(20)23)15-26-11-7-16-13-19(27(29)30)5-6-21(16)26/h3-8,11-13,28H,1-2,9-10,14-15H2. The van der Waals surface area contributed by atoms with Crippen LogP contribution in [0.25, 0.3) is 21.8 Å². The first-order chi connectivity index (χ1) is 14.6. The van der Waals surface area contributed by atoms with Crippen LogP contribution in [0.1, 0.15) is 24.0 Å². The summed E-state index contributed by atoms with van der Waals surface area (Å²) in [6, 6.07) is 12.8. The minimum absolute atomic E-state index is 0.0902. The summed E-state index contributed by atoms with van der Waals surface area (Å²) >= 11 is 0. The number of phenolic OH excluding ortho intramolecular Hbond substituents is 1. The number of fused-ring (bicyclic) bond motifs is 2. The molecule has 4 aromatic rings. The Morgan fingerprint density at radius 3 is 2.70 bits per heavy atom. The molecule has 0 atom stereocenters. The molecule has 2 aromatic heterocycles. The summed E-state index contributed by atoms with van der Waals surface area (Å²) in [4.78, 5) is 17.5. The largest absolute Gasteiger partial charge is 0.505 e. The summed E-state index contributed by atoms with van der Waals surface area (Å²) in [6.07, 6.45) is 6.04. The fourth-order valence-electron chi connectivity index (χ4n) is 4.42. The third kappa shape index (κ3) is 3.27. The topological polar surface area (TPSA) is 84.4 Å². The number of benzene rings is 2. The van der Waals surface area contributed by atoms with Crippen molar-refractivity contribution in [2.45, 2.75) is 25.9 Å². The van der Waals surface area contributed by atoms with Gasteiger partial charge in [-0.05, 0) is 55.8 Å². The number of likely N-dealkylation sites (tertiary alicyclic amines) is 1. The Balaban J connectivity index is 1.57. The van der Waals surface area contributed by atoms with E-state index in [1.807, 2.05) is 24.4 Å². The lowest BCUT2D eigenvalue weighted by molar-refractivity contribution is -0.384. The highest BCUT2D eigenvalue weighted by Gasteiger charge is 2.18. The van der Waals surface area contributed by atoms with Gasteiger partial charge < -0.3 is 9.67 Å². The van der Waals surface area contributed by atoms with Crippen molar-refractivity contribution in [2.24, 2.45) is 0 Å². The van der Waals surface area contributed by atoms with Crippen LogP contribution in [-0.4, -0.2) is 37.6 Å². The van der Waals surface area contributed by atoms with E-state index in [1.54, 1.807) is 18.3 Å². The van der Waals surface area contributed by atoms with Crippen LogP contribution in [0.15, 0.2) is 54.9 Å². The molecule has 30 heavy (non-hydrogen) atoms. The lowest BCUT2D eigenvalue weighted by Gasteiger charge is -2.18. The highest BCUT2D eigenvalue weighted by molar-refractivity contribution is 5.89. The summed E-state index contributed by atoms with van der Waals surface area (Å²) < 4.78 is 2.08. The smallest absolute Gasteiger partial charge is 0.270 e. The van der Waals surface area contributed by atoms with Crippen molar-refractivity contribution >= 4 is 27.5 Å². The predicted octanol–water partition coefficient (Wildman–Crippen LogP) is 4.45. The third-order valence-corrected chi connectivity index (χ3v) is 5.93. The molecule has 1 fully saturated rings. The summed E-state index contributed by atoms with van der Waals surface area (Å²) in [5.74, 6) is 0.259. The van der Waals surface area contributed by atoms with E-state index in [2.05, 4.69) is 20.5 Å². The average Bonchev–Trinajstić information content (AvgIpc) is 3.41. The number of aromatic nitrogens is 2. The van der Waals surface area contributed by atoms with Gasteiger partial charge in [0.2, 0.25) is 0 Å². The molecular formula is C23H22N4O3. The maximum atomic E-state index is 11.1. The van der Waals surface area contributed by atoms with Gasteiger partial charge in [-0.25, -0.2) is 0 Å². The molecule has 1 aliphatic heterocycles. The van der Waals surface area contributed by atoms with Crippen molar-refractivity contribution in [1.29, 1.82) is 0 Å². The SMILES string of the molecule is O=[N+]([O-])c1ccc2c(ccn2Cc2cc(CN3CCCC3)c(O)c3ncccc23)c1. The second-order valence-corrected chi connectivity index (χ2v) is 7.87. The first kappa shape index (κ1) is 18.6. The van der Waals surface area contributed by atoms with Crippen molar-refractivity contribution in [3.8, 4) is 5.75 Å². The maximum absolute atomic E-state index is 11.1. The number of hydrogen-bond donors (Lipinski definition) is 1. The number of nitro benzene ring substituents is 1. The minimum Gasteiger partial charge on any atom is -0.505 e. The number of rotatable bonds is 5. The van der Waals surface area contributed by atoms with E-state index in [-0.39, 0.29) is 16.4 Å². The highest BCUT2D eigenvalue weighted by atomic mass is 16.6. The van der Waals surface area contributed by atoms with E-state index >= 15 is 0 Å². The Hall–Kier alpha value is -3.45. The number of hydrogen-bond acceptors (Lipinski definition) is 5. The van der Waals surface area contributed by atoms with Crippen LogP contribution in [0.5, 0.6) is 5.75 Å². The molecule has 0 unspecified atom stereocenters. The van der Waals surface area contributed by atoms with E-state index in [4.69, 9.17) is 0 Å². The van der Waals surface area contributed by atoms with E-state index < -0.39 is 0 Å². The van der Waals surface area contributed by atoms with Crippen molar-refractivity contribution in [3.05, 3.63) is 76.1 Å². The van der Waals surface area contributed by atoms with Gasteiger partial charge in [-0.3, -0.25) is 20.0 Å². The predicted molar refractivity (Wildman–Crippen MR) is 116 cm³/mol. The lowest BCUT2D eigenvalue weighted by Crippen LogP contribution is -2.18. The molecule has 5 rings (SSSR count). The van der Waals surface area contributed by atoms with Gasteiger partial charge in [-0.2, -0.15) is 0 Å². The molecule has 0 spiro atoms. The molecular weight excluding hydrogens is 380 g/mol. The zero-order valence-corrected chi connectivity index (χ0v) is 16.5. The fraction of sp³-hybridized carbons (Fsp3) is 0.261. The minimum atomic E-state index is -0.374. The number of nitro groups is 1. The third-order valence-electron chi connectivity index (χ3n) is 5.93. The van der Waals surface area contributed by atoms with E-state index in [0.717, 1.165) is 40.5 Å². The Morgan fingerprint density at radius 2 is 1.90 bits per heavy atom. The van der Waals surface area contributed by atoms with Crippen molar-refractivity contribution in [3.63, 3.8) is 0 Å². The molecule has 7 nitrogen and oxygen atoms in total. The van der Waals surface area contributed by atoms with Crippen LogP contribution in [0.3, 0.4) is 0 Å². The van der Waals surface area contributed by atoms with Gasteiger partial charge in [0.1, 0.15) is 11.3 Å². The van der Waals surface area contributed by atoms with Crippen molar-refractivity contribution < 1.29 is 10.0 Å². The Labute approximate surface area is 173 Å². The summed E-state index contributed by atoms with van der Waals surface area (Å²) in [5, 5.41) is 23.7.